The number of fused-ring (bicyclic) bond motifs is 1. The number of hydrogen-bond acceptors (Lipinski definition) is 4. The second-order valence-electron chi connectivity index (χ2n) is 4.33. The van der Waals surface area contributed by atoms with Crippen LogP contribution in [-0.4, -0.2) is 18.4 Å². The van der Waals surface area contributed by atoms with Crippen molar-refractivity contribution >= 4 is 38.1 Å². The fraction of sp³-hybridized carbons (Fsp3) is 0.0833. The average Bonchev–Trinajstić information content (AvgIpc) is 2.98. The van der Waals surface area contributed by atoms with Gasteiger partial charge in [0.1, 0.15) is 4.21 Å². The lowest BCUT2D eigenvalue weighted by atomic mass is 10.2. The lowest BCUT2D eigenvalue weighted by Gasteiger charge is -2.09. The molecule has 0 aliphatic carbocycles. The Kier molecular flexibility index (Phi) is 2.91. The highest BCUT2D eigenvalue weighted by molar-refractivity contribution is 7.94. The summed E-state index contributed by atoms with van der Waals surface area (Å²) < 4.78 is 27.1. The maximum Gasteiger partial charge on any atom is 0.323 e. The molecule has 2 heterocycles. The summed E-state index contributed by atoms with van der Waals surface area (Å²) in [6.07, 6.45) is 0. The molecular formula is C12H11N3O3S2. The second-order valence-corrected chi connectivity index (χ2v) is 7.19. The van der Waals surface area contributed by atoms with E-state index in [9.17, 15) is 13.2 Å². The number of H-pyrrole nitrogens is 2. The molecule has 0 amide bonds. The second kappa shape index (κ2) is 4.50. The van der Waals surface area contributed by atoms with Crippen LogP contribution in [0, 0.1) is 6.92 Å². The molecule has 2 aromatic heterocycles. The standard InChI is InChI=1S/C12H11N3O3S2/c1-7-5-9-10(14-12(16)13-9)6-8(7)15-20(17,18)11-3-2-4-19-11/h2-6,15H,1H3,(H2,13,14,16). The van der Waals surface area contributed by atoms with Gasteiger partial charge in [-0.05, 0) is 36.1 Å². The highest BCUT2D eigenvalue weighted by atomic mass is 32.2. The summed E-state index contributed by atoms with van der Waals surface area (Å²) in [4.78, 5) is 16.5. The van der Waals surface area contributed by atoms with Gasteiger partial charge in [-0.1, -0.05) is 6.07 Å². The lowest BCUT2D eigenvalue weighted by molar-refractivity contribution is 0.603. The van der Waals surface area contributed by atoms with Gasteiger partial charge < -0.3 is 9.97 Å². The van der Waals surface area contributed by atoms with Crippen molar-refractivity contribution in [3.8, 4) is 0 Å². The zero-order chi connectivity index (χ0) is 14.3. The normalized spacial score (nSPS) is 11.8. The fourth-order valence-corrected chi connectivity index (χ4v) is 4.03. The molecule has 6 nitrogen and oxygen atoms in total. The van der Waals surface area contributed by atoms with Crippen molar-refractivity contribution in [3.63, 3.8) is 0 Å². The smallest absolute Gasteiger partial charge is 0.306 e. The Hall–Kier alpha value is -2.06. The molecule has 104 valence electrons. The molecule has 0 fully saturated rings. The summed E-state index contributed by atoms with van der Waals surface area (Å²) >= 11 is 1.15. The Labute approximate surface area is 118 Å². The molecule has 1 aromatic carbocycles. The van der Waals surface area contributed by atoms with Crippen LogP contribution < -0.4 is 10.4 Å². The maximum atomic E-state index is 12.2. The summed E-state index contributed by atoms with van der Waals surface area (Å²) in [6.45, 7) is 1.77. The number of rotatable bonds is 3. The lowest BCUT2D eigenvalue weighted by Crippen LogP contribution is -2.12. The van der Waals surface area contributed by atoms with Crippen molar-refractivity contribution < 1.29 is 8.42 Å². The van der Waals surface area contributed by atoms with E-state index in [0.29, 0.717) is 16.7 Å². The van der Waals surface area contributed by atoms with Crippen molar-refractivity contribution in [2.75, 3.05) is 4.72 Å². The number of hydrogen-bond donors (Lipinski definition) is 3. The molecular weight excluding hydrogens is 298 g/mol. The van der Waals surface area contributed by atoms with E-state index < -0.39 is 10.0 Å². The molecule has 3 rings (SSSR count). The third-order valence-electron chi connectivity index (χ3n) is 2.87. The van der Waals surface area contributed by atoms with Gasteiger partial charge in [0.2, 0.25) is 0 Å². The van der Waals surface area contributed by atoms with Gasteiger partial charge in [-0.25, -0.2) is 13.2 Å². The topological polar surface area (TPSA) is 94.8 Å². The first kappa shape index (κ1) is 12.9. The van der Waals surface area contributed by atoms with Crippen molar-refractivity contribution in [2.45, 2.75) is 11.1 Å². The maximum absolute atomic E-state index is 12.2. The van der Waals surface area contributed by atoms with Crippen LogP contribution in [0.3, 0.4) is 0 Å². The number of anilines is 1. The number of aromatic amines is 2. The van der Waals surface area contributed by atoms with Gasteiger partial charge in [0.05, 0.1) is 16.7 Å². The zero-order valence-corrected chi connectivity index (χ0v) is 12.1. The molecule has 0 atom stereocenters. The van der Waals surface area contributed by atoms with E-state index in [-0.39, 0.29) is 9.90 Å². The monoisotopic (exact) mass is 309 g/mol. The Bertz CT molecular complexity index is 921. The largest absolute Gasteiger partial charge is 0.323 e. The van der Waals surface area contributed by atoms with Crippen molar-refractivity contribution in [1.82, 2.24) is 9.97 Å². The minimum absolute atomic E-state index is 0.250. The van der Waals surface area contributed by atoms with E-state index in [4.69, 9.17) is 0 Å². The summed E-state index contributed by atoms with van der Waals surface area (Å²) in [7, 11) is -3.59. The molecule has 0 spiro atoms. The predicted octanol–water partition coefficient (Wildman–Crippen LogP) is 2.03. The number of thiophene rings is 1. The first-order valence-corrected chi connectivity index (χ1v) is 8.11. The van der Waals surface area contributed by atoms with Gasteiger partial charge in [-0.15, -0.1) is 11.3 Å². The molecule has 8 heteroatoms. The highest BCUT2D eigenvalue weighted by Gasteiger charge is 2.16. The van der Waals surface area contributed by atoms with E-state index in [1.54, 1.807) is 36.6 Å². The molecule has 0 aliphatic heterocycles. The first-order valence-electron chi connectivity index (χ1n) is 5.75. The molecule has 20 heavy (non-hydrogen) atoms. The van der Waals surface area contributed by atoms with Gasteiger partial charge in [0.15, 0.2) is 0 Å². The molecule has 3 N–H and O–H groups in total. The zero-order valence-electron chi connectivity index (χ0n) is 10.4. The van der Waals surface area contributed by atoms with Crippen LogP contribution in [0.2, 0.25) is 0 Å². The number of sulfonamides is 1. The van der Waals surface area contributed by atoms with Crippen LogP contribution in [-0.2, 0) is 10.0 Å². The highest BCUT2D eigenvalue weighted by Crippen LogP contribution is 2.25. The van der Waals surface area contributed by atoms with Crippen LogP contribution in [0.25, 0.3) is 11.0 Å². The number of imidazole rings is 1. The Balaban J connectivity index is 2.07. The van der Waals surface area contributed by atoms with Crippen LogP contribution in [0.5, 0.6) is 0 Å². The molecule has 0 unspecified atom stereocenters. The van der Waals surface area contributed by atoms with E-state index in [2.05, 4.69) is 14.7 Å². The van der Waals surface area contributed by atoms with Crippen LogP contribution in [0.4, 0.5) is 5.69 Å². The Morgan fingerprint density at radius 1 is 1.20 bits per heavy atom. The Morgan fingerprint density at radius 3 is 2.55 bits per heavy atom. The van der Waals surface area contributed by atoms with Crippen LogP contribution in [0.1, 0.15) is 5.56 Å². The van der Waals surface area contributed by atoms with Crippen LogP contribution >= 0.6 is 11.3 Å². The number of nitrogens with one attached hydrogen (secondary N) is 3. The quantitative estimate of drug-likeness (QED) is 0.691. The third kappa shape index (κ3) is 2.23. The fourth-order valence-electron chi connectivity index (χ4n) is 1.91. The molecule has 0 saturated carbocycles. The third-order valence-corrected chi connectivity index (χ3v) is 5.63. The summed E-state index contributed by atoms with van der Waals surface area (Å²) in [6, 6.07) is 6.55. The summed E-state index contributed by atoms with van der Waals surface area (Å²) in [5.74, 6) is 0. The van der Waals surface area contributed by atoms with Gasteiger partial charge in [0.25, 0.3) is 10.0 Å². The van der Waals surface area contributed by atoms with Gasteiger partial charge in [-0.3, -0.25) is 4.72 Å². The summed E-state index contributed by atoms with van der Waals surface area (Å²) in [5, 5.41) is 1.70. The van der Waals surface area contributed by atoms with Crippen molar-refractivity contribution in [1.29, 1.82) is 0 Å². The molecule has 0 saturated heterocycles. The number of benzene rings is 1. The molecule has 3 aromatic rings. The van der Waals surface area contributed by atoms with Gasteiger partial charge in [-0.2, -0.15) is 0 Å². The molecule has 0 bridgehead atoms. The van der Waals surface area contributed by atoms with E-state index in [1.807, 2.05) is 0 Å². The molecule has 0 radical (unpaired) electrons. The van der Waals surface area contributed by atoms with Crippen LogP contribution in [0.15, 0.2) is 38.6 Å². The van der Waals surface area contributed by atoms with Crippen molar-refractivity contribution in [2.24, 2.45) is 0 Å². The Morgan fingerprint density at radius 2 is 1.90 bits per heavy atom. The first-order chi connectivity index (χ1) is 9.45. The predicted molar refractivity (Wildman–Crippen MR) is 78.8 cm³/mol. The van der Waals surface area contributed by atoms with E-state index >= 15 is 0 Å². The van der Waals surface area contributed by atoms with E-state index in [0.717, 1.165) is 16.9 Å². The minimum Gasteiger partial charge on any atom is -0.306 e. The summed E-state index contributed by atoms with van der Waals surface area (Å²) in [5.41, 5.74) is 2.06. The van der Waals surface area contributed by atoms with Gasteiger partial charge >= 0.3 is 5.69 Å². The minimum atomic E-state index is -3.59. The average molecular weight is 309 g/mol. The number of aryl methyl sites for hydroxylation is 1. The SMILES string of the molecule is Cc1cc2[nH]c(=O)[nH]c2cc1NS(=O)(=O)c1cccs1. The molecule has 0 aliphatic rings. The van der Waals surface area contributed by atoms with Gasteiger partial charge in [0, 0.05) is 0 Å². The van der Waals surface area contributed by atoms with Crippen molar-refractivity contribution in [3.05, 3.63) is 45.7 Å². The number of aromatic nitrogens is 2. The van der Waals surface area contributed by atoms with E-state index in [1.165, 1.54) is 0 Å².